The molecular weight excluding hydrogens is 264 g/mol. The van der Waals surface area contributed by atoms with E-state index in [0.717, 1.165) is 32.0 Å². The fourth-order valence-electron chi connectivity index (χ4n) is 3.20. The van der Waals surface area contributed by atoms with E-state index in [4.69, 9.17) is 16.3 Å². The third-order valence-electron chi connectivity index (χ3n) is 3.99. The van der Waals surface area contributed by atoms with Gasteiger partial charge in [0.25, 0.3) is 0 Å². The van der Waals surface area contributed by atoms with Crippen LogP contribution in [0.15, 0.2) is 18.3 Å². The molecule has 0 radical (unpaired) electrons. The Balaban J connectivity index is 1.66. The fraction of sp³-hybridized carbons (Fsp3) is 0.538. The topological polar surface area (TPSA) is 42.7 Å². The van der Waals surface area contributed by atoms with Crippen LogP contribution in [-0.4, -0.2) is 40.9 Å². The van der Waals surface area contributed by atoms with Gasteiger partial charge in [-0.05, 0) is 30.2 Å². The van der Waals surface area contributed by atoms with Gasteiger partial charge in [0, 0.05) is 24.9 Å². The van der Waals surface area contributed by atoms with Crippen molar-refractivity contribution in [3.8, 4) is 0 Å². The summed E-state index contributed by atoms with van der Waals surface area (Å²) in [4.78, 5) is 6.56. The molecule has 19 heavy (non-hydrogen) atoms. The summed E-state index contributed by atoms with van der Waals surface area (Å²) in [5, 5.41) is 4.45. The van der Waals surface area contributed by atoms with Crippen LogP contribution in [0.5, 0.6) is 0 Å². The molecule has 0 saturated carbocycles. The predicted octanol–water partition coefficient (Wildman–Crippen LogP) is 1.86. The van der Waals surface area contributed by atoms with Gasteiger partial charge in [-0.2, -0.15) is 4.98 Å². The first-order valence-electron chi connectivity index (χ1n) is 6.62. The molecule has 2 unspecified atom stereocenters. The van der Waals surface area contributed by atoms with Crippen molar-refractivity contribution < 1.29 is 4.74 Å². The van der Waals surface area contributed by atoms with E-state index in [2.05, 4.69) is 21.0 Å². The van der Waals surface area contributed by atoms with Crippen LogP contribution in [0.4, 0.5) is 5.69 Å². The van der Waals surface area contributed by atoms with E-state index in [1.807, 2.05) is 12.3 Å². The number of fused-ring (bicyclic) bond motifs is 3. The molecule has 0 aliphatic carbocycles. The number of halogens is 1. The number of nitrogens with zero attached hydrogens (tertiary/aromatic N) is 4. The molecule has 5 nitrogen and oxygen atoms in total. The summed E-state index contributed by atoms with van der Waals surface area (Å²) in [5.74, 6) is 1.31. The smallest absolute Gasteiger partial charge is 0.243 e. The zero-order valence-corrected chi connectivity index (χ0v) is 11.3. The molecule has 2 bridgehead atoms. The lowest BCUT2D eigenvalue weighted by molar-refractivity contribution is 0.00622. The molecule has 6 heteroatoms. The Kier molecular flexibility index (Phi) is 2.63. The standard InChI is InChI=1S/C13H15ClN4O/c14-13-15-12-2-1-11(6-18(12)16-13)17-4-9-3-10(5-17)8-19-7-9/h1-2,6,9-10H,3-5,7-8H2. The van der Waals surface area contributed by atoms with Crippen molar-refractivity contribution in [3.05, 3.63) is 23.6 Å². The molecule has 4 heterocycles. The fourth-order valence-corrected chi connectivity index (χ4v) is 3.37. The number of hydrogen-bond donors (Lipinski definition) is 0. The molecule has 4 rings (SSSR count). The SMILES string of the molecule is Clc1nc2ccc(N3CC4COCC(C4)C3)cn2n1. The molecule has 0 N–H and O–H groups in total. The van der Waals surface area contributed by atoms with Gasteiger partial charge in [-0.15, -0.1) is 5.10 Å². The van der Waals surface area contributed by atoms with E-state index in [-0.39, 0.29) is 0 Å². The van der Waals surface area contributed by atoms with Crippen LogP contribution in [0.2, 0.25) is 5.28 Å². The first-order valence-corrected chi connectivity index (χ1v) is 7.00. The highest BCUT2D eigenvalue weighted by molar-refractivity contribution is 6.28. The summed E-state index contributed by atoms with van der Waals surface area (Å²) in [6.07, 6.45) is 3.31. The largest absolute Gasteiger partial charge is 0.381 e. The highest BCUT2D eigenvalue weighted by atomic mass is 35.5. The van der Waals surface area contributed by atoms with E-state index in [1.54, 1.807) is 4.52 Å². The zero-order chi connectivity index (χ0) is 12.8. The summed E-state index contributed by atoms with van der Waals surface area (Å²) in [6.45, 7) is 3.91. The number of aromatic nitrogens is 3. The maximum Gasteiger partial charge on any atom is 0.243 e. The van der Waals surface area contributed by atoms with Gasteiger partial charge in [-0.25, -0.2) is 4.52 Å². The van der Waals surface area contributed by atoms with E-state index in [0.29, 0.717) is 17.1 Å². The minimum Gasteiger partial charge on any atom is -0.381 e. The number of hydrogen-bond acceptors (Lipinski definition) is 4. The van der Waals surface area contributed by atoms with Crippen LogP contribution in [0.3, 0.4) is 0 Å². The van der Waals surface area contributed by atoms with Crippen LogP contribution in [0.1, 0.15) is 6.42 Å². The Labute approximate surface area is 116 Å². The minimum absolute atomic E-state index is 0.293. The quantitative estimate of drug-likeness (QED) is 0.798. The Morgan fingerprint density at radius 3 is 2.79 bits per heavy atom. The van der Waals surface area contributed by atoms with Gasteiger partial charge < -0.3 is 9.64 Å². The van der Waals surface area contributed by atoms with E-state index in [9.17, 15) is 0 Å². The normalized spacial score (nSPS) is 26.9. The summed E-state index contributed by atoms with van der Waals surface area (Å²) in [7, 11) is 0. The van der Waals surface area contributed by atoms with Gasteiger partial charge in [0.15, 0.2) is 5.65 Å². The lowest BCUT2D eigenvalue weighted by atomic mass is 9.88. The highest BCUT2D eigenvalue weighted by Gasteiger charge is 2.31. The van der Waals surface area contributed by atoms with E-state index in [1.165, 1.54) is 12.1 Å². The molecule has 2 aliphatic rings. The number of rotatable bonds is 1. The molecule has 0 spiro atoms. The van der Waals surface area contributed by atoms with E-state index >= 15 is 0 Å². The Bertz CT molecular complexity index is 602. The van der Waals surface area contributed by atoms with Gasteiger partial charge in [-0.1, -0.05) is 0 Å². The Morgan fingerprint density at radius 1 is 1.21 bits per heavy atom. The van der Waals surface area contributed by atoms with Crippen molar-refractivity contribution in [1.82, 2.24) is 14.6 Å². The molecule has 2 saturated heterocycles. The maximum atomic E-state index is 5.83. The number of pyridine rings is 1. The first-order chi connectivity index (χ1) is 9.28. The number of ether oxygens (including phenoxy) is 1. The number of piperidine rings is 1. The molecule has 100 valence electrons. The van der Waals surface area contributed by atoms with Crippen molar-refractivity contribution in [1.29, 1.82) is 0 Å². The Hall–Kier alpha value is -1.33. The summed E-state index contributed by atoms with van der Waals surface area (Å²) in [6, 6.07) is 4.07. The molecule has 2 aromatic rings. The van der Waals surface area contributed by atoms with Gasteiger partial charge in [0.1, 0.15) is 0 Å². The summed E-state index contributed by atoms with van der Waals surface area (Å²) in [5.41, 5.74) is 1.97. The molecule has 2 atom stereocenters. The van der Waals surface area contributed by atoms with Crippen LogP contribution >= 0.6 is 11.6 Å². The highest BCUT2D eigenvalue weighted by Crippen LogP contribution is 2.30. The summed E-state index contributed by atoms with van der Waals surface area (Å²) >= 11 is 5.83. The molecule has 0 aromatic carbocycles. The maximum absolute atomic E-state index is 5.83. The van der Waals surface area contributed by atoms with Crippen molar-refractivity contribution in [2.45, 2.75) is 6.42 Å². The van der Waals surface area contributed by atoms with Crippen molar-refractivity contribution in [2.75, 3.05) is 31.2 Å². The average molecular weight is 279 g/mol. The molecule has 0 amide bonds. The van der Waals surface area contributed by atoms with Crippen LogP contribution < -0.4 is 4.90 Å². The second kappa shape index (κ2) is 4.35. The lowest BCUT2D eigenvalue weighted by Crippen LogP contribution is -2.46. The monoisotopic (exact) mass is 278 g/mol. The second-order valence-electron chi connectivity index (χ2n) is 5.48. The third kappa shape index (κ3) is 2.07. The van der Waals surface area contributed by atoms with Crippen molar-refractivity contribution in [2.24, 2.45) is 11.8 Å². The summed E-state index contributed by atoms with van der Waals surface area (Å²) < 4.78 is 7.37. The van der Waals surface area contributed by atoms with Gasteiger partial charge in [0.2, 0.25) is 5.28 Å². The first kappa shape index (κ1) is 11.5. The predicted molar refractivity (Wildman–Crippen MR) is 72.6 cm³/mol. The van der Waals surface area contributed by atoms with Crippen LogP contribution in [0, 0.1) is 11.8 Å². The Morgan fingerprint density at radius 2 is 2.00 bits per heavy atom. The zero-order valence-electron chi connectivity index (χ0n) is 10.5. The number of anilines is 1. The van der Waals surface area contributed by atoms with Gasteiger partial charge in [0.05, 0.1) is 25.1 Å². The van der Waals surface area contributed by atoms with Crippen molar-refractivity contribution in [3.63, 3.8) is 0 Å². The van der Waals surface area contributed by atoms with Gasteiger partial charge in [-0.3, -0.25) is 0 Å². The lowest BCUT2D eigenvalue weighted by Gasteiger charge is -2.42. The van der Waals surface area contributed by atoms with Crippen LogP contribution in [0.25, 0.3) is 5.65 Å². The molecule has 2 aliphatic heterocycles. The third-order valence-corrected chi connectivity index (χ3v) is 4.15. The van der Waals surface area contributed by atoms with Crippen molar-refractivity contribution >= 4 is 22.9 Å². The minimum atomic E-state index is 0.293. The molecule has 2 fully saturated rings. The van der Waals surface area contributed by atoms with E-state index < -0.39 is 0 Å². The van der Waals surface area contributed by atoms with Gasteiger partial charge >= 0.3 is 0 Å². The molecule has 2 aromatic heterocycles. The average Bonchev–Trinajstić information content (AvgIpc) is 2.77. The second-order valence-corrected chi connectivity index (χ2v) is 5.82. The van der Waals surface area contributed by atoms with Crippen LogP contribution in [-0.2, 0) is 4.74 Å². The molecular formula is C13H15ClN4O.